The van der Waals surface area contributed by atoms with Crippen LogP contribution in [0.4, 0.5) is 0 Å². The van der Waals surface area contributed by atoms with Crippen LogP contribution >= 0.6 is 28.1 Å². The molecule has 0 heterocycles. The smallest absolute Gasteiger partial charge is 0.204 e. The van der Waals surface area contributed by atoms with Crippen molar-refractivity contribution in [3.8, 4) is 17.2 Å². The van der Waals surface area contributed by atoms with Crippen LogP contribution in [0.15, 0.2) is 15.6 Å². The summed E-state index contributed by atoms with van der Waals surface area (Å²) < 4.78 is 16.5. The molecule has 0 spiro atoms. The lowest BCUT2D eigenvalue weighted by molar-refractivity contribution is 0.323. The van der Waals surface area contributed by atoms with Gasteiger partial charge in [-0.1, -0.05) is 0 Å². The molecular formula is C11H14BrN3O3S. The first-order chi connectivity index (χ1) is 9.04. The molecule has 0 aliphatic carbocycles. The summed E-state index contributed by atoms with van der Waals surface area (Å²) >= 11 is 8.07. The Hall–Kier alpha value is -1.54. The van der Waals surface area contributed by atoms with Crippen molar-refractivity contribution in [2.75, 3.05) is 21.3 Å². The van der Waals surface area contributed by atoms with Gasteiger partial charge in [-0.2, -0.15) is 5.10 Å². The number of nitrogens with zero attached hydrogens (tertiary/aromatic N) is 1. The minimum atomic E-state index is 0.0832. The van der Waals surface area contributed by atoms with Crippen molar-refractivity contribution in [3.05, 3.63) is 16.1 Å². The van der Waals surface area contributed by atoms with Gasteiger partial charge in [-0.25, -0.2) is 0 Å². The highest BCUT2D eigenvalue weighted by atomic mass is 79.9. The third-order valence-corrected chi connectivity index (χ3v) is 3.09. The van der Waals surface area contributed by atoms with E-state index in [1.165, 1.54) is 20.4 Å². The summed E-state index contributed by atoms with van der Waals surface area (Å²) in [6.45, 7) is 0. The van der Waals surface area contributed by atoms with E-state index in [2.05, 4.69) is 38.7 Å². The van der Waals surface area contributed by atoms with Crippen molar-refractivity contribution >= 4 is 39.5 Å². The van der Waals surface area contributed by atoms with Crippen LogP contribution in [0, 0.1) is 0 Å². The lowest BCUT2D eigenvalue weighted by Crippen LogP contribution is -2.24. The zero-order valence-corrected chi connectivity index (χ0v) is 13.1. The Labute approximate surface area is 125 Å². The molecule has 1 aromatic carbocycles. The van der Waals surface area contributed by atoms with E-state index in [1.54, 1.807) is 13.2 Å². The van der Waals surface area contributed by atoms with Crippen molar-refractivity contribution in [2.24, 2.45) is 10.8 Å². The molecule has 3 N–H and O–H groups in total. The normalized spacial score (nSPS) is 10.3. The van der Waals surface area contributed by atoms with E-state index < -0.39 is 0 Å². The number of rotatable bonds is 5. The van der Waals surface area contributed by atoms with Crippen LogP contribution in [0.3, 0.4) is 0 Å². The van der Waals surface area contributed by atoms with Gasteiger partial charge in [0.25, 0.3) is 0 Å². The van der Waals surface area contributed by atoms with Crippen LogP contribution in [0.2, 0.25) is 0 Å². The molecule has 0 unspecified atom stereocenters. The van der Waals surface area contributed by atoms with Crippen LogP contribution in [-0.2, 0) is 0 Å². The molecule has 0 aromatic heterocycles. The second-order valence-electron chi connectivity index (χ2n) is 3.28. The van der Waals surface area contributed by atoms with E-state index >= 15 is 0 Å². The molecule has 0 saturated heterocycles. The summed E-state index contributed by atoms with van der Waals surface area (Å²) in [5.41, 5.74) is 8.47. The van der Waals surface area contributed by atoms with Gasteiger partial charge in [0.1, 0.15) is 0 Å². The Morgan fingerprint density at radius 2 is 1.95 bits per heavy atom. The van der Waals surface area contributed by atoms with Crippen LogP contribution in [-0.4, -0.2) is 32.7 Å². The third kappa shape index (κ3) is 3.71. The Morgan fingerprint density at radius 1 is 1.32 bits per heavy atom. The second-order valence-corrected chi connectivity index (χ2v) is 4.52. The lowest BCUT2D eigenvalue weighted by atomic mass is 10.2. The van der Waals surface area contributed by atoms with Gasteiger partial charge in [-0.15, -0.1) is 0 Å². The molecule has 0 radical (unpaired) electrons. The quantitative estimate of drug-likeness (QED) is 0.479. The second kappa shape index (κ2) is 7.15. The minimum Gasteiger partial charge on any atom is -0.493 e. The fraction of sp³-hybridized carbons (Fsp3) is 0.273. The van der Waals surface area contributed by atoms with E-state index in [4.69, 9.17) is 19.9 Å². The molecule has 0 amide bonds. The molecule has 0 fully saturated rings. The Kier molecular flexibility index (Phi) is 5.84. The van der Waals surface area contributed by atoms with Crippen molar-refractivity contribution in [3.63, 3.8) is 0 Å². The zero-order valence-electron chi connectivity index (χ0n) is 10.7. The van der Waals surface area contributed by atoms with Gasteiger partial charge in [0.2, 0.25) is 5.75 Å². The Balaban J connectivity index is 3.26. The predicted molar refractivity (Wildman–Crippen MR) is 81.3 cm³/mol. The average molecular weight is 348 g/mol. The summed E-state index contributed by atoms with van der Waals surface area (Å²) in [7, 11) is 4.62. The molecule has 6 nitrogen and oxygen atoms in total. The highest BCUT2D eigenvalue weighted by molar-refractivity contribution is 9.10. The van der Waals surface area contributed by atoms with E-state index in [0.717, 1.165) is 5.56 Å². The number of nitrogens with two attached hydrogens (primary N) is 1. The number of halogens is 1. The fourth-order valence-corrected chi connectivity index (χ4v) is 2.01. The number of hydrogen-bond acceptors (Lipinski definition) is 5. The standard InChI is InChI=1S/C11H14BrN3O3S/c1-16-7-4-6(5-14-15-11(13)19)8(12)10(18-3)9(7)17-2/h4-5H,1-3H3,(H3,13,15,19). The fourth-order valence-electron chi connectivity index (χ4n) is 1.40. The maximum atomic E-state index is 5.29. The van der Waals surface area contributed by atoms with Gasteiger partial charge >= 0.3 is 0 Å². The average Bonchev–Trinajstić information content (AvgIpc) is 2.39. The summed E-state index contributed by atoms with van der Waals surface area (Å²) in [4.78, 5) is 0. The largest absolute Gasteiger partial charge is 0.493 e. The maximum Gasteiger partial charge on any atom is 0.204 e. The molecule has 0 aliphatic rings. The number of ether oxygens (including phenoxy) is 3. The van der Waals surface area contributed by atoms with Crippen molar-refractivity contribution in [1.29, 1.82) is 0 Å². The van der Waals surface area contributed by atoms with Gasteiger partial charge < -0.3 is 19.9 Å². The molecule has 0 aliphatic heterocycles. The number of methoxy groups -OCH3 is 3. The summed E-state index contributed by atoms with van der Waals surface area (Å²) in [5, 5.41) is 3.97. The zero-order chi connectivity index (χ0) is 14.4. The van der Waals surface area contributed by atoms with E-state index in [-0.39, 0.29) is 5.11 Å². The summed E-state index contributed by atoms with van der Waals surface area (Å²) in [5.74, 6) is 1.54. The topological polar surface area (TPSA) is 78.1 Å². The first-order valence-electron chi connectivity index (χ1n) is 5.12. The highest BCUT2D eigenvalue weighted by Crippen LogP contribution is 2.44. The molecule has 1 rings (SSSR count). The van der Waals surface area contributed by atoms with Crippen molar-refractivity contribution < 1.29 is 14.2 Å². The van der Waals surface area contributed by atoms with Gasteiger partial charge in [0.05, 0.1) is 32.0 Å². The number of hydrogen-bond donors (Lipinski definition) is 2. The van der Waals surface area contributed by atoms with Crippen LogP contribution < -0.4 is 25.4 Å². The van der Waals surface area contributed by atoms with Crippen LogP contribution in [0.1, 0.15) is 5.56 Å². The molecule has 0 bridgehead atoms. The van der Waals surface area contributed by atoms with Gasteiger partial charge in [-0.3, -0.25) is 5.43 Å². The SMILES string of the molecule is COc1cc(C=NNC(N)=S)c(Br)c(OC)c1OC. The summed E-state index contributed by atoms with van der Waals surface area (Å²) in [6.07, 6.45) is 1.54. The highest BCUT2D eigenvalue weighted by Gasteiger charge is 2.18. The number of hydrazone groups is 1. The monoisotopic (exact) mass is 347 g/mol. The van der Waals surface area contributed by atoms with E-state index in [9.17, 15) is 0 Å². The molecule has 104 valence electrons. The number of benzene rings is 1. The maximum absolute atomic E-state index is 5.29. The first kappa shape index (κ1) is 15.5. The first-order valence-corrected chi connectivity index (χ1v) is 6.32. The lowest BCUT2D eigenvalue weighted by Gasteiger charge is -2.15. The van der Waals surface area contributed by atoms with Gasteiger partial charge in [0, 0.05) is 5.56 Å². The molecule has 8 heteroatoms. The molecule has 0 atom stereocenters. The van der Waals surface area contributed by atoms with Gasteiger partial charge in [-0.05, 0) is 34.2 Å². The molecule has 0 saturated carbocycles. The summed E-state index contributed by atoms with van der Waals surface area (Å²) in [6, 6.07) is 1.75. The van der Waals surface area contributed by atoms with Gasteiger partial charge in [0.15, 0.2) is 16.6 Å². The molecular weight excluding hydrogens is 334 g/mol. The number of thiocarbonyl (C=S) groups is 1. The van der Waals surface area contributed by atoms with E-state index in [1.807, 2.05) is 0 Å². The van der Waals surface area contributed by atoms with Crippen LogP contribution in [0.5, 0.6) is 17.2 Å². The number of nitrogens with one attached hydrogen (secondary N) is 1. The Bertz CT molecular complexity index is 508. The van der Waals surface area contributed by atoms with Crippen molar-refractivity contribution in [1.82, 2.24) is 5.43 Å². The Morgan fingerprint density at radius 3 is 2.42 bits per heavy atom. The third-order valence-electron chi connectivity index (χ3n) is 2.18. The molecule has 19 heavy (non-hydrogen) atoms. The minimum absolute atomic E-state index is 0.0832. The molecule has 1 aromatic rings. The van der Waals surface area contributed by atoms with Crippen molar-refractivity contribution in [2.45, 2.75) is 0 Å². The predicted octanol–water partition coefficient (Wildman–Crippen LogP) is 1.64. The van der Waals surface area contributed by atoms with E-state index in [0.29, 0.717) is 21.7 Å². The van der Waals surface area contributed by atoms with Crippen LogP contribution in [0.25, 0.3) is 0 Å².